The summed E-state index contributed by atoms with van der Waals surface area (Å²) in [7, 11) is 0. The number of β-lactam (4-membered cyclic amide) rings is 1. The molecule has 0 spiro atoms. The van der Waals surface area contributed by atoms with Gasteiger partial charge in [-0.3, -0.25) is 9.59 Å². The smallest absolute Gasteiger partial charge is 0.358 e. The third-order valence-electron chi connectivity index (χ3n) is 5.20. The van der Waals surface area contributed by atoms with Crippen molar-refractivity contribution in [1.29, 1.82) is 0 Å². The van der Waals surface area contributed by atoms with Crippen LogP contribution in [0, 0.1) is 11.3 Å². The van der Waals surface area contributed by atoms with Gasteiger partial charge in [-0.05, 0) is 40.7 Å². The number of hydrogen-bond donors (Lipinski definition) is 2. The second-order valence-electron chi connectivity index (χ2n) is 8.48. The Morgan fingerprint density at radius 1 is 1.34 bits per heavy atom. The van der Waals surface area contributed by atoms with Gasteiger partial charge in [0.15, 0.2) is 0 Å². The highest BCUT2D eigenvalue weighted by atomic mass is 35.5. The van der Waals surface area contributed by atoms with Crippen LogP contribution >= 0.6 is 24.2 Å². The summed E-state index contributed by atoms with van der Waals surface area (Å²) < 4.78 is 10.2. The van der Waals surface area contributed by atoms with E-state index in [0.717, 1.165) is 24.4 Å². The number of ether oxygens (including phenoxy) is 2. The lowest BCUT2D eigenvalue weighted by atomic mass is 9.83. The van der Waals surface area contributed by atoms with Gasteiger partial charge in [-0.2, -0.15) is 0 Å². The van der Waals surface area contributed by atoms with Gasteiger partial charge in [0.1, 0.15) is 5.70 Å². The number of fused-ring (bicyclic) bond motifs is 1. The molecule has 3 rings (SSSR count). The molecular formula is C19H29ClN2O6S. The molecule has 0 aromatic rings. The van der Waals surface area contributed by atoms with Gasteiger partial charge in [-0.25, -0.2) is 4.79 Å². The Labute approximate surface area is 181 Å². The minimum Gasteiger partial charge on any atom is -0.427 e. The van der Waals surface area contributed by atoms with Crippen molar-refractivity contribution in [2.75, 3.05) is 19.9 Å². The minimum atomic E-state index is -0.767. The van der Waals surface area contributed by atoms with E-state index in [1.165, 1.54) is 4.90 Å². The largest absolute Gasteiger partial charge is 0.427 e. The van der Waals surface area contributed by atoms with Crippen LogP contribution in [0.15, 0.2) is 10.6 Å². The zero-order valence-electron chi connectivity index (χ0n) is 17.1. The normalized spacial score (nSPS) is 27.1. The van der Waals surface area contributed by atoms with Crippen molar-refractivity contribution in [3.63, 3.8) is 0 Å². The number of hydrogen-bond acceptors (Lipinski definition) is 8. The topological polar surface area (TPSA) is 105 Å². The van der Waals surface area contributed by atoms with Crippen molar-refractivity contribution < 1.29 is 29.0 Å². The highest BCUT2D eigenvalue weighted by Crippen LogP contribution is 2.48. The molecule has 0 bridgehead atoms. The van der Waals surface area contributed by atoms with E-state index in [4.69, 9.17) is 9.47 Å². The quantitative estimate of drug-likeness (QED) is 0.357. The summed E-state index contributed by atoms with van der Waals surface area (Å²) in [6.45, 7) is 8.00. The Morgan fingerprint density at radius 3 is 2.59 bits per heavy atom. The number of halogens is 1. The maximum absolute atomic E-state index is 12.7. The number of nitrogens with zero attached hydrogens (tertiary/aromatic N) is 1. The van der Waals surface area contributed by atoms with Crippen LogP contribution in [-0.4, -0.2) is 65.1 Å². The van der Waals surface area contributed by atoms with Crippen LogP contribution in [0.3, 0.4) is 0 Å². The molecule has 10 heteroatoms. The minimum absolute atomic E-state index is 0. The van der Waals surface area contributed by atoms with Crippen LogP contribution < -0.4 is 5.32 Å². The van der Waals surface area contributed by atoms with Crippen LogP contribution in [-0.2, 0) is 23.9 Å². The summed E-state index contributed by atoms with van der Waals surface area (Å²) in [6.07, 6.45) is 0.753. The third-order valence-corrected chi connectivity index (χ3v) is 6.58. The van der Waals surface area contributed by atoms with Crippen molar-refractivity contribution in [2.45, 2.75) is 57.9 Å². The molecule has 2 saturated heterocycles. The lowest BCUT2D eigenvalue weighted by Crippen LogP contribution is -2.61. The number of thioether (sulfide) groups is 1. The highest BCUT2D eigenvalue weighted by Gasteiger charge is 2.57. The molecular weight excluding hydrogens is 420 g/mol. The van der Waals surface area contributed by atoms with E-state index in [-0.39, 0.29) is 30.1 Å². The lowest BCUT2D eigenvalue weighted by Gasteiger charge is -2.44. The number of carbonyl (C=O) groups excluding carboxylic acids is 3. The average Bonchev–Trinajstić information content (AvgIpc) is 3.20. The fraction of sp³-hybridized carbons (Fsp3) is 0.737. The summed E-state index contributed by atoms with van der Waals surface area (Å²) in [5.41, 5.74) is -0.464. The Hall–Kier alpha value is -1.29. The monoisotopic (exact) mass is 448 g/mol. The van der Waals surface area contributed by atoms with Gasteiger partial charge < -0.3 is 24.8 Å². The molecule has 1 amide bonds. The van der Waals surface area contributed by atoms with E-state index in [2.05, 4.69) is 5.32 Å². The van der Waals surface area contributed by atoms with E-state index in [1.54, 1.807) is 39.5 Å². The van der Waals surface area contributed by atoms with Crippen molar-refractivity contribution in [1.82, 2.24) is 10.2 Å². The van der Waals surface area contributed by atoms with Crippen LogP contribution in [0.5, 0.6) is 0 Å². The first-order valence-electron chi connectivity index (χ1n) is 9.57. The lowest BCUT2D eigenvalue weighted by molar-refractivity contribution is -0.175. The molecule has 164 valence electrons. The molecule has 0 aromatic heterocycles. The Morgan fingerprint density at radius 2 is 2.03 bits per heavy atom. The molecule has 3 aliphatic heterocycles. The van der Waals surface area contributed by atoms with Gasteiger partial charge in [-0.1, -0.05) is 0 Å². The highest BCUT2D eigenvalue weighted by molar-refractivity contribution is 8.03. The number of aliphatic hydroxyl groups is 1. The van der Waals surface area contributed by atoms with Crippen LogP contribution in [0.1, 0.15) is 40.5 Å². The molecule has 2 fully saturated rings. The van der Waals surface area contributed by atoms with Crippen molar-refractivity contribution >= 4 is 42.0 Å². The third kappa shape index (κ3) is 4.90. The number of carbonyl (C=O) groups is 3. The number of rotatable bonds is 6. The first-order valence-corrected chi connectivity index (χ1v) is 10.4. The first-order chi connectivity index (χ1) is 13.1. The van der Waals surface area contributed by atoms with E-state index in [0.29, 0.717) is 11.7 Å². The van der Waals surface area contributed by atoms with E-state index >= 15 is 0 Å². The Balaban J connectivity index is 0.00000300. The van der Waals surface area contributed by atoms with Crippen LogP contribution in [0.2, 0.25) is 0 Å². The van der Waals surface area contributed by atoms with E-state index in [9.17, 15) is 19.5 Å². The maximum atomic E-state index is 12.7. The number of nitrogens with one attached hydrogen (secondary N) is 1. The fourth-order valence-corrected chi connectivity index (χ4v) is 5.08. The summed E-state index contributed by atoms with van der Waals surface area (Å²) in [5.74, 6) is -1.91. The SMILES string of the molecule is CC(O)C1C(=O)N2C(C(=O)OCOC(=O)C(C)(C)C)=C(SC3CCNC3)C[C@H]12.Cl. The Kier molecular flexibility index (Phi) is 7.64. The first kappa shape index (κ1) is 24.0. The zero-order chi connectivity index (χ0) is 20.6. The van der Waals surface area contributed by atoms with Crippen molar-refractivity contribution in [3.05, 3.63) is 10.6 Å². The molecule has 0 saturated carbocycles. The second-order valence-corrected chi connectivity index (χ2v) is 9.88. The molecule has 0 radical (unpaired) electrons. The molecule has 0 aromatic carbocycles. The van der Waals surface area contributed by atoms with Gasteiger partial charge in [0.25, 0.3) is 0 Å². The predicted molar refractivity (Wildman–Crippen MR) is 110 cm³/mol. The molecule has 3 aliphatic rings. The summed E-state index contributed by atoms with van der Waals surface area (Å²) in [5, 5.41) is 13.5. The van der Waals surface area contributed by atoms with Gasteiger partial charge in [0.05, 0.1) is 23.5 Å². The van der Waals surface area contributed by atoms with Crippen LogP contribution in [0.4, 0.5) is 0 Å². The summed E-state index contributed by atoms with van der Waals surface area (Å²) >= 11 is 1.59. The standard InChI is InChI=1S/C19H28N2O6S.ClH/c1-10(22)14-12-7-13(28-11-5-6-20-8-11)15(21(12)16(14)23)17(24)26-9-27-18(25)19(2,3)4;/h10-12,14,20,22H,5-9H2,1-4H3;1H/t10?,11?,12-,14?;/m1./s1. The number of aliphatic hydroxyl groups excluding tert-OH is 1. The molecule has 4 atom stereocenters. The molecule has 0 aliphatic carbocycles. The summed E-state index contributed by atoms with van der Waals surface area (Å²) in [4.78, 5) is 39.3. The maximum Gasteiger partial charge on any atom is 0.358 e. The molecule has 3 unspecified atom stereocenters. The van der Waals surface area contributed by atoms with Gasteiger partial charge in [0.2, 0.25) is 12.7 Å². The van der Waals surface area contributed by atoms with Crippen molar-refractivity contribution in [3.8, 4) is 0 Å². The molecule has 2 N–H and O–H groups in total. The number of amides is 1. The average molecular weight is 449 g/mol. The Bertz CT molecular complexity index is 699. The van der Waals surface area contributed by atoms with Crippen LogP contribution in [0.25, 0.3) is 0 Å². The predicted octanol–water partition coefficient (Wildman–Crippen LogP) is 1.42. The summed E-state index contributed by atoms with van der Waals surface area (Å²) in [6, 6.07) is -0.218. The molecule has 29 heavy (non-hydrogen) atoms. The molecule has 8 nitrogen and oxygen atoms in total. The van der Waals surface area contributed by atoms with Gasteiger partial charge in [0, 0.05) is 23.1 Å². The van der Waals surface area contributed by atoms with E-state index < -0.39 is 36.2 Å². The fourth-order valence-electron chi connectivity index (χ4n) is 3.68. The number of esters is 2. The van der Waals surface area contributed by atoms with Gasteiger partial charge in [-0.15, -0.1) is 24.2 Å². The molecule has 3 heterocycles. The zero-order valence-corrected chi connectivity index (χ0v) is 18.7. The second kappa shape index (κ2) is 9.24. The van der Waals surface area contributed by atoms with Crippen molar-refractivity contribution in [2.24, 2.45) is 11.3 Å². The van der Waals surface area contributed by atoms with E-state index in [1.807, 2.05) is 0 Å². The van der Waals surface area contributed by atoms with Gasteiger partial charge >= 0.3 is 11.9 Å².